The lowest BCUT2D eigenvalue weighted by Crippen LogP contribution is -2.52. The highest BCUT2D eigenvalue weighted by Crippen LogP contribution is 2.29. The van der Waals surface area contributed by atoms with Crippen molar-refractivity contribution in [3.63, 3.8) is 0 Å². The summed E-state index contributed by atoms with van der Waals surface area (Å²) in [4.78, 5) is 40.4. The quantitative estimate of drug-likeness (QED) is 0.756. The molecule has 3 N–H and O–H groups in total. The third-order valence-electron chi connectivity index (χ3n) is 6.28. The molecule has 3 unspecified atom stereocenters. The van der Waals surface area contributed by atoms with Gasteiger partial charge >= 0.3 is 0 Å². The third-order valence-corrected chi connectivity index (χ3v) is 6.28. The summed E-state index contributed by atoms with van der Waals surface area (Å²) in [5, 5.41) is 2.34. The van der Waals surface area contributed by atoms with Gasteiger partial charge in [0.15, 0.2) is 0 Å². The van der Waals surface area contributed by atoms with Gasteiger partial charge in [-0.15, -0.1) is 0 Å². The summed E-state index contributed by atoms with van der Waals surface area (Å²) in [7, 11) is 0. The number of likely N-dealkylation sites (tertiary alicyclic amines) is 1. The summed E-state index contributed by atoms with van der Waals surface area (Å²) in [5.41, 5.74) is 8.91. The van der Waals surface area contributed by atoms with Gasteiger partial charge in [-0.2, -0.15) is 0 Å². The van der Waals surface area contributed by atoms with Crippen LogP contribution >= 0.6 is 0 Å². The Labute approximate surface area is 165 Å². The summed E-state index contributed by atoms with van der Waals surface area (Å²) < 4.78 is 0. The Morgan fingerprint density at radius 1 is 1.25 bits per heavy atom. The van der Waals surface area contributed by atoms with Gasteiger partial charge in [0.2, 0.25) is 11.8 Å². The monoisotopic (exact) mass is 384 g/mol. The van der Waals surface area contributed by atoms with Crippen molar-refractivity contribution in [3.8, 4) is 0 Å². The second-order valence-corrected chi connectivity index (χ2v) is 8.39. The molecule has 0 aromatic heterocycles. The number of nitrogens with two attached hydrogens (primary N) is 1. The van der Waals surface area contributed by atoms with Crippen molar-refractivity contribution in [2.45, 2.75) is 57.8 Å². The lowest BCUT2D eigenvalue weighted by Gasteiger charge is -2.34. The zero-order valence-corrected chi connectivity index (χ0v) is 16.3. The first-order valence-electron chi connectivity index (χ1n) is 10.2. The molecule has 4 rings (SSSR count). The van der Waals surface area contributed by atoms with Gasteiger partial charge in [-0.3, -0.25) is 24.6 Å². The highest BCUT2D eigenvalue weighted by atomic mass is 16.2. The molecule has 3 amide bonds. The van der Waals surface area contributed by atoms with Crippen LogP contribution in [0.1, 0.15) is 54.1 Å². The molecule has 3 aliphatic heterocycles. The van der Waals surface area contributed by atoms with E-state index in [9.17, 15) is 14.4 Å². The molecule has 0 saturated carbocycles. The van der Waals surface area contributed by atoms with Gasteiger partial charge in [0, 0.05) is 37.7 Å². The molecule has 1 aromatic carbocycles. The van der Waals surface area contributed by atoms with Crippen molar-refractivity contribution in [1.82, 2.24) is 15.1 Å². The molecule has 3 aliphatic rings. The fourth-order valence-electron chi connectivity index (χ4n) is 4.65. The van der Waals surface area contributed by atoms with Crippen molar-refractivity contribution in [2.24, 2.45) is 11.7 Å². The number of nitrogens with one attached hydrogen (secondary N) is 1. The fourth-order valence-corrected chi connectivity index (χ4v) is 4.65. The number of benzene rings is 1. The van der Waals surface area contributed by atoms with Gasteiger partial charge in [-0.1, -0.05) is 12.1 Å². The molecule has 3 heterocycles. The van der Waals surface area contributed by atoms with E-state index in [1.165, 1.54) is 18.4 Å². The number of fused-ring (bicyclic) bond motifs is 1. The van der Waals surface area contributed by atoms with Crippen LogP contribution in [0.3, 0.4) is 0 Å². The van der Waals surface area contributed by atoms with Crippen molar-refractivity contribution < 1.29 is 14.4 Å². The normalized spacial score (nSPS) is 26.9. The van der Waals surface area contributed by atoms with E-state index in [1.54, 1.807) is 4.90 Å². The van der Waals surface area contributed by atoms with Gasteiger partial charge < -0.3 is 10.6 Å². The van der Waals surface area contributed by atoms with Gasteiger partial charge in [-0.25, -0.2) is 0 Å². The van der Waals surface area contributed by atoms with E-state index >= 15 is 0 Å². The third kappa shape index (κ3) is 3.69. The number of piperidine rings is 2. The minimum absolute atomic E-state index is 0.119. The summed E-state index contributed by atoms with van der Waals surface area (Å²) in [6.07, 6.45) is 3.02. The molecule has 0 bridgehead atoms. The van der Waals surface area contributed by atoms with Crippen LogP contribution in [-0.4, -0.2) is 52.7 Å². The number of hydrogen-bond acceptors (Lipinski definition) is 5. The average molecular weight is 384 g/mol. The second-order valence-electron chi connectivity index (χ2n) is 8.39. The minimum Gasteiger partial charge on any atom is -0.328 e. The number of hydrogen-bond donors (Lipinski definition) is 2. The molecule has 3 atom stereocenters. The highest BCUT2D eigenvalue weighted by molar-refractivity contribution is 6.05. The molecule has 0 spiro atoms. The van der Waals surface area contributed by atoms with E-state index < -0.39 is 6.04 Å². The summed E-state index contributed by atoms with van der Waals surface area (Å²) in [5.74, 6) is -0.217. The SMILES string of the molecule is CC(N)C1CCCN(Cc2ccc3c(c2)CN(C2CCC(=O)NC2=O)C3=O)C1. The zero-order chi connectivity index (χ0) is 19.8. The maximum atomic E-state index is 12.8. The topological polar surface area (TPSA) is 95.7 Å². The van der Waals surface area contributed by atoms with Crippen LogP contribution in [0.15, 0.2) is 18.2 Å². The van der Waals surface area contributed by atoms with Crippen molar-refractivity contribution in [3.05, 3.63) is 34.9 Å². The lowest BCUT2D eigenvalue weighted by atomic mass is 9.92. The van der Waals surface area contributed by atoms with Gasteiger partial charge in [-0.05, 0) is 55.8 Å². The Morgan fingerprint density at radius 2 is 2.07 bits per heavy atom. The summed E-state index contributed by atoms with van der Waals surface area (Å²) in [6.45, 7) is 5.44. The number of nitrogens with zero attached hydrogens (tertiary/aromatic N) is 2. The maximum Gasteiger partial charge on any atom is 0.255 e. The van der Waals surface area contributed by atoms with E-state index in [2.05, 4.69) is 23.2 Å². The van der Waals surface area contributed by atoms with Gasteiger partial charge in [0.25, 0.3) is 5.91 Å². The summed E-state index contributed by atoms with van der Waals surface area (Å²) in [6, 6.07) is 5.64. The Kier molecular flexibility index (Phi) is 5.21. The molecule has 0 aliphatic carbocycles. The standard InChI is InChI=1S/C21H28N4O3/c1-13(22)15-3-2-8-24(11-15)10-14-4-5-17-16(9-14)12-25(21(17)28)18-6-7-19(26)23-20(18)27/h4-5,9,13,15,18H,2-3,6-8,10-12,22H2,1H3,(H,23,26,27). The molecular formula is C21H28N4O3. The number of rotatable bonds is 4. The predicted molar refractivity (Wildman–Crippen MR) is 104 cm³/mol. The average Bonchev–Trinajstić information content (AvgIpc) is 2.98. The van der Waals surface area contributed by atoms with Gasteiger partial charge in [0.05, 0.1) is 0 Å². The van der Waals surface area contributed by atoms with Crippen LogP contribution in [0.2, 0.25) is 0 Å². The highest BCUT2D eigenvalue weighted by Gasteiger charge is 2.39. The fraction of sp³-hybridized carbons (Fsp3) is 0.571. The van der Waals surface area contributed by atoms with E-state index in [-0.39, 0.29) is 30.2 Å². The molecule has 7 heteroatoms. The maximum absolute atomic E-state index is 12.8. The first-order valence-corrected chi connectivity index (χ1v) is 10.2. The van der Waals surface area contributed by atoms with Crippen LogP contribution < -0.4 is 11.1 Å². The van der Waals surface area contributed by atoms with E-state index in [4.69, 9.17) is 5.73 Å². The van der Waals surface area contributed by atoms with Crippen molar-refractivity contribution in [1.29, 1.82) is 0 Å². The number of amides is 3. The van der Waals surface area contributed by atoms with Crippen LogP contribution in [0.25, 0.3) is 0 Å². The van der Waals surface area contributed by atoms with Crippen molar-refractivity contribution in [2.75, 3.05) is 13.1 Å². The number of carbonyl (C=O) groups excluding carboxylic acids is 3. The molecule has 2 saturated heterocycles. The van der Waals surface area contributed by atoms with Crippen LogP contribution in [0, 0.1) is 5.92 Å². The Balaban J connectivity index is 1.45. The van der Waals surface area contributed by atoms with Gasteiger partial charge in [0.1, 0.15) is 6.04 Å². The Hall–Kier alpha value is -2.25. The number of imide groups is 1. The zero-order valence-electron chi connectivity index (χ0n) is 16.3. The molecule has 2 fully saturated rings. The molecule has 7 nitrogen and oxygen atoms in total. The Bertz CT molecular complexity index is 807. The number of carbonyl (C=O) groups is 3. The van der Waals surface area contributed by atoms with Crippen LogP contribution in [0.5, 0.6) is 0 Å². The molecular weight excluding hydrogens is 356 g/mol. The summed E-state index contributed by atoms with van der Waals surface area (Å²) >= 11 is 0. The van der Waals surface area contributed by atoms with Crippen LogP contribution in [0.4, 0.5) is 0 Å². The van der Waals surface area contributed by atoms with E-state index in [0.29, 0.717) is 24.4 Å². The van der Waals surface area contributed by atoms with Crippen LogP contribution in [-0.2, 0) is 22.7 Å². The van der Waals surface area contributed by atoms with E-state index in [1.807, 2.05) is 12.1 Å². The second kappa shape index (κ2) is 7.64. The van der Waals surface area contributed by atoms with E-state index in [0.717, 1.165) is 25.2 Å². The minimum atomic E-state index is -0.560. The molecule has 150 valence electrons. The largest absolute Gasteiger partial charge is 0.328 e. The predicted octanol–water partition coefficient (Wildman–Crippen LogP) is 1.01. The Morgan fingerprint density at radius 3 is 2.82 bits per heavy atom. The smallest absolute Gasteiger partial charge is 0.255 e. The molecule has 1 aromatic rings. The molecule has 28 heavy (non-hydrogen) atoms. The lowest BCUT2D eigenvalue weighted by molar-refractivity contribution is -0.136. The first kappa shape index (κ1) is 19.1. The molecule has 0 radical (unpaired) electrons. The first-order chi connectivity index (χ1) is 13.4. The van der Waals surface area contributed by atoms with Crippen molar-refractivity contribution >= 4 is 17.7 Å².